The molecule has 0 aliphatic heterocycles. The van der Waals surface area contributed by atoms with Gasteiger partial charge in [-0.1, -0.05) is 12.1 Å². The second kappa shape index (κ2) is 4.49. The second-order valence-electron chi connectivity index (χ2n) is 3.97. The first-order valence-electron chi connectivity index (χ1n) is 5.29. The van der Waals surface area contributed by atoms with Crippen LogP contribution in [0.1, 0.15) is 28.8 Å². The van der Waals surface area contributed by atoms with Crippen molar-refractivity contribution in [3.63, 3.8) is 0 Å². The van der Waals surface area contributed by atoms with E-state index in [1.807, 2.05) is 0 Å². The van der Waals surface area contributed by atoms with Crippen LogP contribution in [0.15, 0.2) is 40.8 Å². The lowest BCUT2D eigenvalue weighted by Crippen LogP contribution is -2.05. The molecule has 1 heterocycles. The molecule has 1 aromatic carbocycles. The van der Waals surface area contributed by atoms with Crippen molar-refractivity contribution in [2.45, 2.75) is 19.2 Å². The summed E-state index contributed by atoms with van der Waals surface area (Å²) in [6, 6.07) is 7.64. The van der Waals surface area contributed by atoms with E-state index >= 15 is 0 Å². The zero-order valence-electron chi connectivity index (χ0n) is 9.53. The Morgan fingerprint density at radius 1 is 1.06 bits per heavy atom. The molecule has 2 aromatic rings. The highest BCUT2D eigenvalue weighted by molar-refractivity contribution is 5.29. The number of aryl methyl sites for hydroxylation is 1. The summed E-state index contributed by atoms with van der Waals surface area (Å²) in [5.41, 5.74) is -0.383. The molecule has 0 amide bonds. The zero-order valence-corrected chi connectivity index (χ0v) is 9.53. The van der Waals surface area contributed by atoms with Crippen molar-refractivity contribution in [3.05, 3.63) is 59.0 Å². The van der Waals surface area contributed by atoms with Crippen molar-refractivity contribution < 1.29 is 22.7 Å². The van der Waals surface area contributed by atoms with Gasteiger partial charge in [0.2, 0.25) is 0 Å². The fraction of sp³-hybridized carbons (Fsp3) is 0.231. The molecule has 0 aliphatic carbocycles. The van der Waals surface area contributed by atoms with Crippen molar-refractivity contribution in [1.82, 2.24) is 0 Å². The van der Waals surface area contributed by atoms with Gasteiger partial charge in [-0.3, -0.25) is 0 Å². The fourth-order valence-electron chi connectivity index (χ4n) is 1.62. The quantitative estimate of drug-likeness (QED) is 0.889. The zero-order chi connectivity index (χ0) is 13.3. The molecule has 0 bridgehead atoms. The minimum atomic E-state index is -4.37. The first kappa shape index (κ1) is 12.7. The summed E-state index contributed by atoms with van der Waals surface area (Å²) in [5, 5.41) is 9.92. The Balaban J connectivity index is 2.24. The van der Waals surface area contributed by atoms with Crippen LogP contribution in [0.2, 0.25) is 0 Å². The summed E-state index contributed by atoms with van der Waals surface area (Å²) >= 11 is 0. The SMILES string of the molecule is Cc1ccc(C(O)c2ccc(C(F)(F)F)cc2)o1. The number of aliphatic hydroxyl groups is 1. The van der Waals surface area contributed by atoms with E-state index in [0.29, 0.717) is 17.1 Å². The molecule has 1 unspecified atom stereocenters. The highest BCUT2D eigenvalue weighted by Crippen LogP contribution is 2.31. The van der Waals surface area contributed by atoms with Crippen LogP contribution >= 0.6 is 0 Å². The number of benzene rings is 1. The van der Waals surface area contributed by atoms with Crippen molar-refractivity contribution in [1.29, 1.82) is 0 Å². The van der Waals surface area contributed by atoms with E-state index in [9.17, 15) is 18.3 Å². The smallest absolute Gasteiger partial charge is 0.416 e. The summed E-state index contributed by atoms with van der Waals surface area (Å²) in [6.07, 6.45) is -5.42. The van der Waals surface area contributed by atoms with Crippen molar-refractivity contribution >= 4 is 0 Å². The number of furan rings is 1. The molecule has 1 atom stereocenters. The minimum Gasteiger partial charge on any atom is -0.463 e. The number of rotatable bonds is 2. The Kier molecular flexibility index (Phi) is 3.17. The third kappa shape index (κ3) is 2.56. The largest absolute Gasteiger partial charge is 0.463 e. The van der Waals surface area contributed by atoms with Crippen LogP contribution in [-0.4, -0.2) is 5.11 Å². The molecule has 18 heavy (non-hydrogen) atoms. The molecule has 96 valence electrons. The third-order valence-electron chi connectivity index (χ3n) is 2.58. The highest BCUT2D eigenvalue weighted by Gasteiger charge is 2.30. The maximum absolute atomic E-state index is 12.4. The Hall–Kier alpha value is -1.75. The van der Waals surface area contributed by atoms with Crippen LogP contribution < -0.4 is 0 Å². The highest BCUT2D eigenvalue weighted by atomic mass is 19.4. The molecule has 0 fully saturated rings. The lowest BCUT2D eigenvalue weighted by molar-refractivity contribution is -0.137. The monoisotopic (exact) mass is 256 g/mol. The number of aliphatic hydroxyl groups excluding tert-OH is 1. The molecule has 1 aromatic heterocycles. The first-order valence-corrected chi connectivity index (χ1v) is 5.29. The summed E-state index contributed by atoms with van der Waals surface area (Å²) in [5.74, 6) is 0.947. The Morgan fingerprint density at radius 2 is 1.67 bits per heavy atom. The van der Waals surface area contributed by atoms with Crippen LogP contribution in [0.5, 0.6) is 0 Å². The van der Waals surface area contributed by atoms with E-state index in [2.05, 4.69) is 0 Å². The third-order valence-corrected chi connectivity index (χ3v) is 2.58. The Bertz CT molecular complexity index is 526. The van der Waals surface area contributed by atoms with Crippen molar-refractivity contribution in [2.75, 3.05) is 0 Å². The van der Waals surface area contributed by atoms with E-state index in [1.165, 1.54) is 12.1 Å². The lowest BCUT2D eigenvalue weighted by atomic mass is 10.1. The van der Waals surface area contributed by atoms with Gasteiger partial charge in [-0.2, -0.15) is 13.2 Å². The number of hydrogen-bond donors (Lipinski definition) is 1. The van der Waals surface area contributed by atoms with E-state index < -0.39 is 17.8 Å². The van der Waals surface area contributed by atoms with Crippen LogP contribution in [0.3, 0.4) is 0 Å². The van der Waals surface area contributed by atoms with Gasteiger partial charge in [-0.25, -0.2) is 0 Å². The standard InChI is InChI=1S/C13H11F3O2/c1-8-2-7-11(18-8)12(17)9-3-5-10(6-4-9)13(14,15)16/h2-7,12,17H,1H3. The van der Waals surface area contributed by atoms with Gasteiger partial charge in [0.05, 0.1) is 5.56 Å². The topological polar surface area (TPSA) is 33.4 Å². The van der Waals surface area contributed by atoms with Gasteiger partial charge in [-0.05, 0) is 36.8 Å². The number of hydrogen-bond acceptors (Lipinski definition) is 2. The molecule has 5 heteroatoms. The summed E-state index contributed by atoms with van der Waals surface area (Å²) < 4.78 is 42.3. The van der Waals surface area contributed by atoms with Gasteiger partial charge in [0.25, 0.3) is 0 Å². The molecule has 0 aliphatic rings. The molecule has 0 radical (unpaired) electrons. The van der Waals surface area contributed by atoms with Crippen LogP contribution in [0.25, 0.3) is 0 Å². The lowest BCUT2D eigenvalue weighted by Gasteiger charge is -2.10. The summed E-state index contributed by atoms with van der Waals surface area (Å²) in [6.45, 7) is 1.73. The van der Waals surface area contributed by atoms with Gasteiger partial charge < -0.3 is 9.52 Å². The van der Waals surface area contributed by atoms with E-state index in [-0.39, 0.29) is 0 Å². The maximum atomic E-state index is 12.4. The molecular weight excluding hydrogens is 245 g/mol. The van der Waals surface area contributed by atoms with E-state index in [1.54, 1.807) is 19.1 Å². The summed E-state index contributed by atoms with van der Waals surface area (Å²) in [7, 11) is 0. The normalized spacial score (nSPS) is 13.6. The van der Waals surface area contributed by atoms with E-state index in [0.717, 1.165) is 12.1 Å². The van der Waals surface area contributed by atoms with Gasteiger partial charge in [-0.15, -0.1) is 0 Å². The molecule has 0 spiro atoms. The first-order chi connectivity index (χ1) is 8.38. The maximum Gasteiger partial charge on any atom is 0.416 e. The van der Waals surface area contributed by atoms with Gasteiger partial charge in [0.15, 0.2) is 0 Å². The van der Waals surface area contributed by atoms with E-state index in [4.69, 9.17) is 4.42 Å². The Labute approximate surface area is 102 Å². The number of alkyl halides is 3. The second-order valence-corrected chi connectivity index (χ2v) is 3.97. The average molecular weight is 256 g/mol. The predicted octanol–water partition coefficient (Wildman–Crippen LogP) is 3.69. The van der Waals surface area contributed by atoms with Gasteiger partial charge in [0.1, 0.15) is 17.6 Å². The molecule has 0 saturated carbocycles. The average Bonchev–Trinajstić information content (AvgIpc) is 2.74. The molecule has 0 saturated heterocycles. The van der Waals surface area contributed by atoms with Crippen LogP contribution in [-0.2, 0) is 6.18 Å². The van der Waals surface area contributed by atoms with Crippen LogP contribution in [0, 0.1) is 6.92 Å². The van der Waals surface area contributed by atoms with Gasteiger partial charge in [0, 0.05) is 0 Å². The molecular formula is C13H11F3O2. The minimum absolute atomic E-state index is 0.312. The molecule has 1 N–H and O–H groups in total. The Morgan fingerprint density at radius 3 is 2.11 bits per heavy atom. The molecule has 2 nitrogen and oxygen atoms in total. The molecule has 2 rings (SSSR count). The number of halogens is 3. The van der Waals surface area contributed by atoms with Crippen molar-refractivity contribution in [3.8, 4) is 0 Å². The fourth-order valence-corrected chi connectivity index (χ4v) is 1.62. The summed E-state index contributed by atoms with van der Waals surface area (Å²) in [4.78, 5) is 0. The van der Waals surface area contributed by atoms with Crippen molar-refractivity contribution in [2.24, 2.45) is 0 Å². The van der Waals surface area contributed by atoms with Crippen LogP contribution in [0.4, 0.5) is 13.2 Å². The predicted molar refractivity (Wildman–Crippen MR) is 59.0 cm³/mol. The van der Waals surface area contributed by atoms with Gasteiger partial charge >= 0.3 is 6.18 Å².